The van der Waals surface area contributed by atoms with Crippen LogP contribution in [0.3, 0.4) is 0 Å². The Labute approximate surface area is 165 Å². The molecule has 0 N–H and O–H groups in total. The molecule has 1 aromatic heterocycles. The van der Waals surface area contributed by atoms with Crippen LogP contribution in [-0.4, -0.2) is 62.5 Å². The number of para-hydroxylation sites is 2. The number of piperazine rings is 1. The molecule has 2 aliphatic rings. The molecule has 3 aromatic rings. The lowest BCUT2D eigenvalue weighted by molar-refractivity contribution is 0.122. The van der Waals surface area contributed by atoms with Gasteiger partial charge in [-0.1, -0.05) is 30.3 Å². The molecule has 2 aliphatic heterocycles. The lowest BCUT2D eigenvalue weighted by Crippen LogP contribution is -2.47. The van der Waals surface area contributed by atoms with Gasteiger partial charge >= 0.3 is 0 Å². The standard InChI is InChI=1S/C22H25N5O/c1-2-6-18(7-3-1)25-10-12-27(13-11-25)22-23-20-9-5-4-8-19(20)21(24-22)26-14-16-28-17-15-26/h1-9H,10-17H2. The van der Waals surface area contributed by atoms with Gasteiger partial charge in [-0.3, -0.25) is 0 Å². The van der Waals surface area contributed by atoms with E-state index < -0.39 is 0 Å². The van der Waals surface area contributed by atoms with E-state index in [4.69, 9.17) is 14.7 Å². The molecule has 6 heteroatoms. The van der Waals surface area contributed by atoms with Crippen LogP contribution in [0, 0.1) is 0 Å². The van der Waals surface area contributed by atoms with Crippen LogP contribution in [0.25, 0.3) is 10.9 Å². The average Bonchev–Trinajstić information content (AvgIpc) is 2.79. The van der Waals surface area contributed by atoms with Crippen LogP contribution in [0.2, 0.25) is 0 Å². The van der Waals surface area contributed by atoms with Crippen molar-refractivity contribution in [3.8, 4) is 0 Å². The van der Waals surface area contributed by atoms with Crippen LogP contribution < -0.4 is 14.7 Å². The van der Waals surface area contributed by atoms with Gasteiger partial charge in [-0.2, -0.15) is 4.98 Å². The molecule has 0 bridgehead atoms. The van der Waals surface area contributed by atoms with E-state index in [1.807, 2.05) is 0 Å². The first-order valence-corrected chi connectivity index (χ1v) is 10.0. The maximum Gasteiger partial charge on any atom is 0.228 e. The Kier molecular flexibility index (Phi) is 4.71. The summed E-state index contributed by atoms with van der Waals surface area (Å²) in [5, 5.41) is 1.12. The van der Waals surface area contributed by atoms with Crippen LogP contribution in [0.4, 0.5) is 17.5 Å². The Hall–Kier alpha value is -2.86. The molecule has 0 radical (unpaired) electrons. The van der Waals surface area contributed by atoms with Crippen molar-refractivity contribution in [2.24, 2.45) is 0 Å². The molecule has 2 fully saturated rings. The Balaban J connectivity index is 1.42. The second-order valence-corrected chi connectivity index (χ2v) is 7.27. The number of benzene rings is 2. The van der Waals surface area contributed by atoms with Crippen LogP contribution in [0.1, 0.15) is 0 Å². The van der Waals surface area contributed by atoms with E-state index >= 15 is 0 Å². The van der Waals surface area contributed by atoms with Crippen molar-refractivity contribution in [1.29, 1.82) is 0 Å². The van der Waals surface area contributed by atoms with E-state index in [-0.39, 0.29) is 0 Å². The van der Waals surface area contributed by atoms with Crippen LogP contribution in [0.5, 0.6) is 0 Å². The van der Waals surface area contributed by atoms with Crippen molar-refractivity contribution in [3.05, 3.63) is 54.6 Å². The Bertz CT molecular complexity index is 934. The van der Waals surface area contributed by atoms with E-state index in [9.17, 15) is 0 Å². The first-order chi connectivity index (χ1) is 13.9. The maximum atomic E-state index is 5.53. The third kappa shape index (κ3) is 3.36. The highest BCUT2D eigenvalue weighted by Crippen LogP contribution is 2.28. The van der Waals surface area contributed by atoms with Gasteiger partial charge in [-0.25, -0.2) is 4.98 Å². The normalized spacial score (nSPS) is 17.9. The molecule has 144 valence electrons. The topological polar surface area (TPSA) is 44.7 Å². The summed E-state index contributed by atoms with van der Waals surface area (Å²) in [6, 6.07) is 18.9. The van der Waals surface area contributed by atoms with Crippen molar-refractivity contribution in [2.75, 3.05) is 67.2 Å². The molecule has 0 unspecified atom stereocenters. The molecular formula is C22H25N5O. The molecule has 0 atom stereocenters. The number of anilines is 3. The van der Waals surface area contributed by atoms with Crippen molar-refractivity contribution >= 4 is 28.4 Å². The fraction of sp³-hybridized carbons (Fsp3) is 0.364. The fourth-order valence-corrected chi connectivity index (χ4v) is 4.01. The molecule has 28 heavy (non-hydrogen) atoms. The predicted molar refractivity (Wildman–Crippen MR) is 113 cm³/mol. The van der Waals surface area contributed by atoms with Gasteiger partial charge in [0.2, 0.25) is 5.95 Å². The highest BCUT2D eigenvalue weighted by Gasteiger charge is 2.22. The first-order valence-electron chi connectivity index (χ1n) is 10.0. The molecule has 2 aromatic carbocycles. The molecule has 0 aliphatic carbocycles. The molecule has 2 saturated heterocycles. The van der Waals surface area contributed by atoms with Gasteiger partial charge in [0.1, 0.15) is 5.82 Å². The Morgan fingerprint density at radius 1 is 0.643 bits per heavy atom. The van der Waals surface area contributed by atoms with E-state index in [1.54, 1.807) is 0 Å². The molecule has 6 nitrogen and oxygen atoms in total. The monoisotopic (exact) mass is 375 g/mol. The van der Waals surface area contributed by atoms with Crippen LogP contribution in [-0.2, 0) is 4.74 Å². The summed E-state index contributed by atoms with van der Waals surface area (Å²) in [6.45, 7) is 7.07. The molecule has 3 heterocycles. The molecule has 5 rings (SSSR count). The minimum Gasteiger partial charge on any atom is -0.378 e. The van der Waals surface area contributed by atoms with Gasteiger partial charge in [0.05, 0.1) is 18.7 Å². The molecule has 0 saturated carbocycles. The SMILES string of the molecule is c1ccc(N2CCN(c3nc(N4CCOCC4)c4ccccc4n3)CC2)cc1. The number of ether oxygens (including phenoxy) is 1. The summed E-state index contributed by atoms with van der Waals surface area (Å²) in [7, 11) is 0. The van der Waals surface area contributed by atoms with Crippen molar-refractivity contribution < 1.29 is 4.74 Å². The zero-order valence-corrected chi connectivity index (χ0v) is 16.0. The van der Waals surface area contributed by atoms with E-state index in [0.29, 0.717) is 0 Å². The van der Waals surface area contributed by atoms with Crippen molar-refractivity contribution in [2.45, 2.75) is 0 Å². The number of fused-ring (bicyclic) bond motifs is 1. The van der Waals surface area contributed by atoms with Gasteiger partial charge in [0.15, 0.2) is 0 Å². The lowest BCUT2D eigenvalue weighted by atomic mass is 10.2. The highest BCUT2D eigenvalue weighted by molar-refractivity contribution is 5.90. The van der Waals surface area contributed by atoms with Gasteiger partial charge in [0, 0.05) is 50.3 Å². The average molecular weight is 375 g/mol. The number of rotatable bonds is 3. The Morgan fingerprint density at radius 2 is 1.32 bits per heavy atom. The van der Waals surface area contributed by atoms with E-state index in [1.165, 1.54) is 5.69 Å². The number of aromatic nitrogens is 2. The summed E-state index contributed by atoms with van der Waals surface area (Å²) in [6.07, 6.45) is 0. The third-order valence-electron chi connectivity index (χ3n) is 5.57. The fourth-order valence-electron chi connectivity index (χ4n) is 4.01. The van der Waals surface area contributed by atoms with Crippen LogP contribution in [0.15, 0.2) is 54.6 Å². The van der Waals surface area contributed by atoms with Gasteiger partial charge in [0.25, 0.3) is 0 Å². The largest absolute Gasteiger partial charge is 0.378 e. The van der Waals surface area contributed by atoms with Gasteiger partial charge in [-0.05, 0) is 24.3 Å². The van der Waals surface area contributed by atoms with Crippen LogP contribution >= 0.6 is 0 Å². The zero-order chi connectivity index (χ0) is 18.8. The zero-order valence-electron chi connectivity index (χ0n) is 16.0. The van der Waals surface area contributed by atoms with E-state index in [2.05, 4.69) is 69.3 Å². The smallest absolute Gasteiger partial charge is 0.228 e. The second kappa shape index (κ2) is 7.64. The maximum absolute atomic E-state index is 5.53. The van der Waals surface area contributed by atoms with E-state index in [0.717, 1.165) is 75.2 Å². The number of nitrogens with zero attached hydrogens (tertiary/aromatic N) is 5. The first kappa shape index (κ1) is 17.3. The highest BCUT2D eigenvalue weighted by atomic mass is 16.5. The summed E-state index contributed by atoms with van der Waals surface area (Å²) < 4.78 is 5.53. The van der Waals surface area contributed by atoms with Gasteiger partial charge < -0.3 is 19.4 Å². The third-order valence-corrected chi connectivity index (χ3v) is 5.57. The Morgan fingerprint density at radius 3 is 2.11 bits per heavy atom. The summed E-state index contributed by atoms with van der Waals surface area (Å²) in [5.41, 5.74) is 2.30. The minimum atomic E-state index is 0.753. The van der Waals surface area contributed by atoms with Gasteiger partial charge in [-0.15, -0.1) is 0 Å². The molecule has 0 amide bonds. The summed E-state index contributed by atoms with van der Waals surface area (Å²) >= 11 is 0. The van der Waals surface area contributed by atoms with Crippen molar-refractivity contribution in [1.82, 2.24) is 9.97 Å². The number of morpholine rings is 1. The quantitative estimate of drug-likeness (QED) is 0.701. The second-order valence-electron chi connectivity index (χ2n) is 7.27. The van der Waals surface area contributed by atoms with Crippen molar-refractivity contribution in [3.63, 3.8) is 0 Å². The number of hydrogen-bond acceptors (Lipinski definition) is 6. The lowest BCUT2D eigenvalue weighted by Gasteiger charge is -2.37. The molecular weight excluding hydrogens is 350 g/mol. The summed E-state index contributed by atoms with van der Waals surface area (Å²) in [4.78, 5) is 17.0. The predicted octanol–water partition coefficient (Wildman–Crippen LogP) is 2.79. The number of hydrogen-bond donors (Lipinski definition) is 0. The minimum absolute atomic E-state index is 0.753. The summed E-state index contributed by atoms with van der Waals surface area (Å²) in [5.74, 6) is 1.88. The molecule has 0 spiro atoms.